The monoisotopic (exact) mass is 368 g/mol. The van der Waals surface area contributed by atoms with Gasteiger partial charge in [-0.25, -0.2) is 0 Å². The Morgan fingerprint density at radius 3 is 1.30 bits per heavy atom. The molecule has 2 aromatic carbocycles. The first-order chi connectivity index (χ1) is 12.8. The van der Waals surface area contributed by atoms with Crippen LogP contribution < -0.4 is 15.1 Å². The van der Waals surface area contributed by atoms with Crippen LogP contribution in [0.3, 0.4) is 0 Å². The predicted octanol–water partition coefficient (Wildman–Crippen LogP) is 2.81. The number of nitrogens with zero attached hydrogens (tertiary/aromatic N) is 2. The quantitative estimate of drug-likeness (QED) is 0.872. The lowest BCUT2D eigenvalue weighted by molar-refractivity contribution is -0.760. The van der Waals surface area contributed by atoms with Gasteiger partial charge in [0, 0.05) is 62.5 Å². The van der Waals surface area contributed by atoms with Crippen LogP contribution in [0, 0.1) is 11.8 Å². The summed E-state index contributed by atoms with van der Waals surface area (Å²) in [4.78, 5) is 4.23. The maximum absolute atomic E-state index is 11.0. The van der Waals surface area contributed by atoms with Gasteiger partial charge in [-0.2, -0.15) is 0 Å². The minimum Gasteiger partial charge on any atom is -0.392 e. The molecule has 3 N–H and O–H groups in total. The van der Waals surface area contributed by atoms with E-state index in [0.717, 1.165) is 0 Å². The molecule has 0 spiro atoms. The molecule has 1 fully saturated rings. The summed E-state index contributed by atoms with van der Waals surface area (Å²) in [6, 6.07) is 18.0. The van der Waals surface area contributed by atoms with E-state index in [-0.39, 0.29) is 30.0 Å². The molecule has 1 aliphatic rings. The van der Waals surface area contributed by atoms with Crippen molar-refractivity contribution in [2.24, 2.45) is 11.8 Å². The fourth-order valence-corrected chi connectivity index (χ4v) is 4.30. The SMILES string of the molecule is C[C@@H]1C(O)[C@@H](C)[C@H](c2ccc(N(C)C)cc2)[NH2+][C@@H]1c1ccc(N(C)C)cc1. The average molecular weight is 369 g/mol. The van der Waals surface area contributed by atoms with Crippen LogP contribution in [0.1, 0.15) is 37.1 Å². The molecule has 146 valence electrons. The van der Waals surface area contributed by atoms with Gasteiger partial charge in [0.05, 0.1) is 6.10 Å². The van der Waals surface area contributed by atoms with Gasteiger partial charge in [-0.1, -0.05) is 38.1 Å². The van der Waals surface area contributed by atoms with Gasteiger partial charge >= 0.3 is 0 Å². The van der Waals surface area contributed by atoms with Crippen LogP contribution in [0.15, 0.2) is 48.5 Å². The Bertz CT molecular complexity index is 676. The molecule has 0 bridgehead atoms. The van der Waals surface area contributed by atoms with Crippen molar-refractivity contribution in [1.82, 2.24) is 0 Å². The standard InChI is InChI=1S/C23H33N3O/c1-15-21(17-7-11-19(12-8-17)25(3)4)24-22(16(2)23(15)27)18-9-13-20(14-10-18)26(5)6/h7-16,21-24,27H,1-6H3/p+1/t15-,16-,21-,22+,23?/m0/s1. The van der Waals surface area contributed by atoms with E-state index in [4.69, 9.17) is 0 Å². The Morgan fingerprint density at radius 1 is 0.667 bits per heavy atom. The third kappa shape index (κ3) is 3.97. The third-order valence-corrected chi connectivity index (χ3v) is 6.21. The van der Waals surface area contributed by atoms with Gasteiger partial charge in [-0.15, -0.1) is 0 Å². The van der Waals surface area contributed by atoms with Crippen molar-refractivity contribution in [2.75, 3.05) is 38.0 Å². The maximum atomic E-state index is 11.0. The summed E-state index contributed by atoms with van der Waals surface area (Å²) in [5, 5.41) is 13.4. The van der Waals surface area contributed by atoms with E-state index in [1.54, 1.807) is 0 Å². The minimum atomic E-state index is -0.313. The van der Waals surface area contributed by atoms with Crippen molar-refractivity contribution in [1.29, 1.82) is 0 Å². The highest BCUT2D eigenvalue weighted by Crippen LogP contribution is 2.36. The summed E-state index contributed by atoms with van der Waals surface area (Å²) in [6.45, 7) is 4.35. The highest BCUT2D eigenvalue weighted by atomic mass is 16.3. The Labute approximate surface area is 163 Å². The molecule has 4 nitrogen and oxygen atoms in total. The summed E-state index contributed by atoms with van der Waals surface area (Å²) >= 11 is 0. The second kappa shape index (κ2) is 7.91. The first-order valence-corrected chi connectivity index (χ1v) is 9.87. The molecule has 0 aliphatic carbocycles. The Balaban J connectivity index is 1.87. The fraction of sp³-hybridized carbons (Fsp3) is 0.478. The van der Waals surface area contributed by atoms with E-state index >= 15 is 0 Å². The number of aliphatic hydroxyl groups is 1. The van der Waals surface area contributed by atoms with E-state index < -0.39 is 0 Å². The smallest absolute Gasteiger partial charge is 0.117 e. The zero-order chi connectivity index (χ0) is 19.7. The van der Waals surface area contributed by atoms with Gasteiger partial charge in [0.2, 0.25) is 0 Å². The van der Waals surface area contributed by atoms with Gasteiger partial charge < -0.3 is 20.2 Å². The molecule has 3 rings (SSSR count). The van der Waals surface area contributed by atoms with Crippen molar-refractivity contribution in [2.45, 2.75) is 32.0 Å². The summed E-state index contributed by atoms with van der Waals surface area (Å²) in [5.74, 6) is 0.421. The molecular weight excluding hydrogens is 334 g/mol. The largest absolute Gasteiger partial charge is 0.392 e. The zero-order valence-electron chi connectivity index (χ0n) is 17.4. The van der Waals surface area contributed by atoms with Crippen molar-refractivity contribution in [3.63, 3.8) is 0 Å². The minimum absolute atomic E-state index is 0.211. The lowest BCUT2D eigenvalue weighted by atomic mass is 9.75. The highest BCUT2D eigenvalue weighted by Gasteiger charge is 2.43. The van der Waals surface area contributed by atoms with Crippen molar-refractivity contribution in [3.8, 4) is 0 Å². The Morgan fingerprint density at radius 2 is 1.00 bits per heavy atom. The molecule has 1 heterocycles. The van der Waals surface area contributed by atoms with Crippen molar-refractivity contribution >= 4 is 11.4 Å². The molecule has 0 amide bonds. The van der Waals surface area contributed by atoms with E-state index in [2.05, 4.69) is 106 Å². The lowest BCUT2D eigenvalue weighted by Crippen LogP contribution is -2.92. The number of aliphatic hydroxyl groups excluding tert-OH is 1. The summed E-state index contributed by atoms with van der Waals surface area (Å²) in [7, 11) is 8.24. The summed E-state index contributed by atoms with van der Waals surface area (Å²) < 4.78 is 0. The molecule has 4 heteroatoms. The van der Waals surface area contributed by atoms with Crippen LogP contribution in [-0.4, -0.2) is 39.4 Å². The summed E-state index contributed by atoms with van der Waals surface area (Å²) in [6.07, 6.45) is -0.313. The van der Waals surface area contributed by atoms with Gasteiger partial charge in [-0.05, 0) is 24.3 Å². The number of benzene rings is 2. The van der Waals surface area contributed by atoms with E-state index in [1.807, 2.05) is 0 Å². The van der Waals surface area contributed by atoms with Gasteiger partial charge in [0.15, 0.2) is 0 Å². The average Bonchev–Trinajstić information content (AvgIpc) is 2.66. The first kappa shape index (κ1) is 19.7. The van der Waals surface area contributed by atoms with E-state index in [1.165, 1.54) is 22.5 Å². The number of hydrogen-bond acceptors (Lipinski definition) is 3. The zero-order valence-corrected chi connectivity index (χ0v) is 17.4. The number of quaternary nitrogens is 1. The molecule has 1 unspecified atom stereocenters. The van der Waals surface area contributed by atoms with Crippen LogP contribution >= 0.6 is 0 Å². The van der Waals surface area contributed by atoms with Crippen molar-refractivity contribution in [3.05, 3.63) is 59.7 Å². The predicted molar refractivity (Wildman–Crippen MR) is 113 cm³/mol. The molecule has 5 atom stereocenters. The Hall–Kier alpha value is -2.04. The third-order valence-electron chi connectivity index (χ3n) is 6.21. The van der Waals surface area contributed by atoms with Crippen LogP contribution in [0.2, 0.25) is 0 Å². The molecule has 1 saturated heterocycles. The molecule has 2 aromatic rings. The lowest BCUT2D eigenvalue weighted by Gasteiger charge is -2.41. The second-order valence-corrected chi connectivity index (χ2v) is 8.42. The Kier molecular flexibility index (Phi) is 5.78. The highest BCUT2D eigenvalue weighted by molar-refractivity contribution is 5.47. The second-order valence-electron chi connectivity index (χ2n) is 8.42. The number of anilines is 2. The van der Waals surface area contributed by atoms with Crippen LogP contribution in [0.25, 0.3) is 0 Å². The normalized spacial score (nSPS) is 28.0. The molecular formula is C23H34N3O+. The van der Waals surface area contributed by atoms with Crippen LogP contribution in [0.5, 0.6) is 0 Å². The molecule has 0 radical (unpaired) electrons. The fourth-order valence-electron chi connectivity index (χ4n) is 4.30. The van der Waals surface area contributed by atoms with Crippen LogP contribution in [0.4, 0.5) is 11.4 Å². The molecule has 0 aromatic heterocycles. The molecule has 0 saturated carbocycles. The number of rotatable bonds is 4. The van der Waals surface area contributed by atoms with Gasteiger partial charge in [0.1, 0.15) is 12.1 Å². The van der Waals surface area contributed by atoms with Crippen LogP contribution in [-0.2, 0) is 0 Å². The van der Waals surface area contributed by atoms with Gasteiger partial charge in [-0.3, -0.25) is 0 Å². The molecule has 27 heavy (non-hydrogen) atoms. The topological polar surface area (TPSA) is 43.3 Å². The molecule has 1 aliphatic heterocycles. The number of nitrogens with two attached hydrogens (primary N) is 1. The summed E-state index contributed by atoms with van der Waals surface area (Å²) in [5.41, 5.74) is 4.97. The number of hydrogen-bond donors (Lipinski definition) is 2. The van der Waals surface area contributed by atoms with Crippen molar-refractivity contribution < 1.29 is 10.4 Å². The van der Waals surface area contributed by atoms with E-state index in [0.29, 0.717) is 0 Å². The maximum Gasteiger partial charge on any atom is 0.117 e. The number of piperidine rings is 1. The van der Waals surface area contributed by atoms with E-state index in [9.17, 15) is 5.11 Å². The first-order valence-electron chi connectivity index (χ1n) is 9.87. The van der Waals surface area contributed by atoms with Gasteiger partial charge in [0.25, 0.3) is 0 Å².